The summed E-state index contributed by atoms with van der Waals surface area (Å²) in [5, 5.41) is 2.29. The number of amides is 1. The Morgan fingerprint density at radius 2 is 1.70 bits per heavy atom. The molecule has 1 amide bonds. The van der Waals surface area contributed by atoms with Gasteiger partial charge < -0.3 is 5.32 Å². The summed E-state index contributed by atoms with van der Waals surface area (Å²) in [6, 6.07) is 15.5. The molecule has 1 aliphatic rings. The fourth-order valence-electron chi connectivity index (χ4n) is 3.44. The van der Waals surface area contributed by atoms with Crippen molar-refractivity contribution in [2.75, 3.05) is 16.2 Å². The third-order valence-corrected chi connectivity index (χ3v) is 6.78. The summed E-state index contributed by atoms with van der Waals surface area (Å²) in [4.78, 5) is 12.4. The largest absolute Gasteiger partial charge is 0.319 e. The minimum absolute atomic E-state index is 0.0488. The van der Waals surface area contributed by atoms with Crippen molar-refractivity contribution >= 4 is 27.3 Å². The number of sulfonamides is 1. The first-order chi connectivity index (χ1) is 14.4. The topological polar surface area (TPSA) is 66.5 Å². The van der Waals surface area contributed by atoms with Crippen molar-refractivity contribution in [2.45, 2.75) is 17.7 Å². The van der Waals surface area contributed by atoms with E-state index in [9.17, 15) is 22.0 Å². The van der Waals surface area contributed by atoms with Gasteiger partial charge in [-0.05, 0) is 60.9 Å². The Morgan fingerprint density at radius 3 is 2.47 bits per heavy atom. The van der Waals surface area contributed by atoms with E-state index in [1.54, 1.807) is 12.1 Å². The van der Waals surface area contributed by atoms with Crippen molar-refractivity contribution < 1.29 is 22.0 Å². The number of benzene rings is 3. The second kappa shape index (κ2) is 7.87. The van der Waals surface area contributed by atoms with Crippen LogP contribution in [0.1, 0.15) is 22.3 Å². The second-order valence-electron chi connectivity index (χ2n) is 6.91. The molecule has 0 spiro atoms. The first-order valence-electron chi connectivity index (χ1n) is 9.33. The quantitative estimate of drug-likeness (QED) is 0.672. The normalized spacial score (nSPS) is 13.6. The second-order valence-corrected chi connectivity index (χ2v) is 8.77. The molecule has 0 radical (unpaired) electrons. The Morgan fingerprint density at radius 1 is 0.967 bits per heavy atom. The zero-order valence-electron chi connectivity index (χ0n) is 15.8. The van der Waals surface area contributed by atoms with Crippen LogP contribution in [0.2, 0.25) is 0 Å². The van der Waals surface area contributed by atoms with Gasteiger partial charge >= 0.3 is 0 Å². The molecule has 3 aromatic carbocycles. The standard InChI is InChI=1S/C22H18F2N2O3S/c23-17-9-12-19(24)20(14-17)25-22(27)16-7-10-18(11-8-16)30(28,29)26-13-3-5-15-4-1-2-6-21(15)26/h1-2,4,6-12,14H,3,5,13H2,(H,25,27). The van der Waals surface area contributed by atoms with E-state index < -0.39 is 27.6 Å². The number of para-hydroxylation sites is 1. The average Bonchev–Trinajstić information content (AvgIpc) is 2.76. The summed E-state index contributed by atoms with van der Waals surface area (Å²) in [5.74, 6) is -2.13. The van der Waals surface area contributed by atoms with Crippen LogP contribution in [0, 0.1) is 11.6 Å². The van der Waals surface area contributed by atoms with Gasteiger partial charge in [0.2, 0.25) is 0 Å². The summed E-state index contributed by atoms with van der Waals surface area (Å²) in [6.45, 7) is 0.375. The minimum Gasteiger partial charge on any atom is -0.319 e. The predicted molar refractivity (Wildman–Crippen MR) is 110 cm³/mol. The van der Waals surface area contributed by atoms with Crippen molar-refractivity contribution in [3.05, 3.63) is 89.5 Å². The highest BCUT2D eigenvalue weighted by Crippen LogP contribution is 2.31. The summed E-state index contributed by atoms with van der Waals surface area (Å²) >= 11 is 0. The van der Waals surface area contributed by atoms with Gasteiger partial charge in [-0.25, -0.2) is 17.2 Å². The molecule has 154 valence electrons. The van der Waals surface area contributed by atoms with Gasteiger partial charge in [0.05, 0.1) is 16.3 Å². The van der Waals surface area contributed by atoms with Crippen LogP contribution in [0.4, 0.5) is 20.2 Å². The highest BCUT2D eigenvalue weighted by molar-refractivity contribution is 7.92. The van der Waals surface area contributed by atoms with Crippen LogP contribution in [0.3, 0.4) is 0 Å². The maximum Gasteiger partial charge on any atom is 0.264 e. The molecule has 0 aromatic heterocycles. The van der Waals surface area contributed by atoms with Crippen molar-refractivity contribution in [3.8, 4) is 0 Å². The van der Waals surface area contributed by atoms with Gasteiger partial charge in [0.1, 0.15) is 11.6 Å². The molecule has 1 N–H and O–H groups in total. The number of carbonyl (C=O) groups is 1. The predicted octanol–water partition coefficient (Wildman–Crippen LogP) is 4.36. The Balaban J connectivity index is 1.58. The highest BCUT2D eigenvalue weighted by atomic mass is 32.2. The monoisotopic (exact) mass is 428 g/mol. The molecule has 0 saturated heterocycles. The molecular formula is C22H18F2N2O3S. The minimum atomic E-state index is -3.80. The van der Waals surface area contributed by atoms with E-state index in [4.69, 9.17) is 0 Å². The van der Waals surface area contributed by atoms with E-state index in [2.05, 4.69) is 5.32 Å². The zero-order valence-corrected chi connectivity index (χ0v) is 16.6. The Hall–Kier alpha value is -3.26. The lowest BCUT2D eigenvalue weighted by Gasteiger charge is -2.30. The van der Waals surface area contributed by atoms with E-state index in [0.29, 0.717) is 12.2 Å². The fourth-order valence-corrected chi connectivity index (χ4v) is 4.98. The van der Waals surface area contributed by atoms with Crippen LogP contribution in [0.25, 0.3) is 0 Å². The lowest BCUT2D eigenvalue weighted by atomic mass is 10.0. The average molecular weight is 428 g/mol. The number of nitrogens with one attached hydrogen (secondary N) is 1. The lowest BCUT2D eigenvalue weighted by molar-refractivity contribution is 0.102. The van der Waals surface area contributed by atoms with Gasteiger partial charge in [0.15, 0.2) is 0 Å². The van der Waals surface area contributed by atoms with Crippen LogP contribution < -0.4 is 9.62 Å². The maximum atomic E-state index is 13.7. The van der Waals surface area contributed by atoms with E-state index in [1.807, 2.05) is 12.1 Å². The van der Waals surface area contributed by atoms with E-state index in [0.717, 1.165) is 36.6 Å². The van der Waals surface area contributed by atoms with Crippen LogP contribution in [0.5, 0.6) is 0 Å². The fraction of sp³-hybridized carbons (Fsp3) is 0.136. The summed E-state index contributed by atoms with van der Waals surface area (Å²) in [6.07, 6.45) is 1.54. The number of anilines is 2. The maximum absolute atomic E-state index is 13.7. The SMILES string of the molecule is O=C(Nc1cc(F)ccc1F)c1ccc(S(=O)(=O)N2CCCc3ccccc32)cc1. The molecule has 0 atom stereocenters. The number of carbonyl (C=O) groups excluding carboxylic acids is 1. The molecule has 30 heavy (non-hydrogen) atoms. The van der Waals surface area contributed by atoms with Gasteiger partial charge in [-0.3, -0.25) is 9.10 Å². The molecule has 0 fully saturated rings. The molecule has 1 heterocycles. The molecule has 0 saturated carbocycles. The van der Waals surface area contributed by atoms with Crippen molar-refractivity contribution in [1.82, 2.24) is 0 Å². The zero-order chi connectivity index (χ0) is 21.3. The third kappa shape index (κ3) is 3.78. The Bertz CT molecular complexity index is 1210. The Labute approximate surface area is 173 Å². The number of rotatable bonds is 4. The molecule has 5 nitrogen and oxygen atoms in total. The number of halogens is 2. The number of hydrogen-bond acceptors (Lipinski definition) is 3. The van der Waals surface area contributed by atoms with E-state index in [1.165, 1.54) is 28.6 Å². The molecule has 4 rings (SSSR count). The first kappa shape index (κ1) is 20.0. The molecule has 8 heteroatoms. The van der Waals surface area contributed by atoms with Crippen molar-refractivity contribution in [3.63, 3.8) is 0 Å². The number of fused-ring (bicyclic) bond motifs is 1. The van der Waals surface area contributed by atoms with Crippen LogP contribution in [-0.4, -0.2) is 20.9 Å². The smallest absolute Gasteiger partial charge is 0.264 e. The molecule has 0 unspecified atom stereocenters. The summed E-state index contributed by atoms with van der Waals surface area (Å²) < 4.78 is 54.7. The number of aryl methyl sites for hydroxylation is 1. The van der Waals surface area contributed by atoms with E-state index >= 15 is 0 Å². The van der Waals surface area contributed by atoms with Crippen LogP contribution >= 0.6 is 0 Å². The van der Waals surface area contributed by atoms with Gasteiger partial charge in [0, 0.05) is 18.2 Å². The van der Waals surface area contributed by atoms with Crippen molar-refractivity contribution in [1.29, 1.82) is 0 Å². The molecule has 0 aliphatic carbocycles. The molecular weight excluding hydrogens is 410 g/mol. The summed E-state index contributed by atoms with van der Waals surface area (Å²) in [7, 11) is -3.80. The lowest BCUT2D eigenvalue weighted by Crippen LogP contribution is -2.35. The van der Waals surface area contributed by atoms with Gasteiger partial charge in [-0.15, -0.1) is 0 Å². The number of nitrogens with zero attached hydrogens (tertiary/aromatic N) is 1. The highest BCUT2D eigenvalue weighted by Gasteiger charge is 2.29. The van der Waals surface area contributed by atoms with Crippen LogP contribution in [-0.2, 0) is 16.4 Å². The van der Waals surface area contributed by atoms with Gasteiger partial charge in [0.25, 0.3) is 15.9 Å². The Kier molecular flexibility index (Phi) is 5.26. The molecule has 1 aliphatic heterocycles. The van der Waals surface area contributed by atoms with Crippen molar-refractivity contribution in [2.24, 2.45) is 0 Å². The molecule has 0 bridgehead atoms. The van der Waals surface area contributed by atoms with Gasteiger partial charge in [-0.2, -0.15) is 0 Å². The third-order valence-electron chi connectivity index (χ3n) is 4.95. The van der Waals surface area contributed by atoms with Gasteiger partial charge in [-0.1, -0.05) is 18.2 Å². The van der Waals surface area contributed by atoms with Crippen LogP contribution in [0.15, 0.2) is 71.6 Å². The number of hydrogen-bond donors (Lipinski definition) is 1. The summed E-state index contributed by atoms with van der Waals surface area (Å²) in [5.41, 5.74) is 1.46. The first-order valence-corrected chi connectivity index (χ1v) is 10.8. The van der Waals surface area contributed by atoms with E-state index in [-0.39, 0.29) is 16.1 Å². The molecule has 3 aromatic rings.